The first kappa shape index (κ1) is 23.3. The van der Waals surface area contributed by atoms with Crippen molar-refractivity contribution in [2.24, 2.45) is 5.92 Å². The van der Waals surface area contributed by atoms with Crippen molar-refractivity contribution in [1.82, 2.24) is 10.2 Å². The van der Waals surface area contributed by atoms with Crippen LogP contribution in [0, 0.1) is 5.92 Å². The molecule has 1 aliphatic carbocycles. The number of rotatable bonds is 7. The number of hydrogen-bond acceptors (Lipinski definition) is 6. The van der Waals surface area contributed by atoms with Gasteiger partial charge >= 0.3 is 5.97 Å². The van der Waals surface area contributed by atoms with Crippen molar-refractivity contribution >= 4 is 34.1 Å². The molecule has 0 spiro atoms. The topological polar surface area (TPSA) is 87.7 Å². The van der Waals surface area contributed by atoms with E-state index in [-0.39, 0.29) is 36.4 Å². The third kappa shape index (κ3) is 6.82. The second kappa shape index (κ2) is 9.71. The number of fused-ring (bicyclic) bond motifs is 1. The Bertz CT molecular complexity index is 767. The number of likely N-dealkylation sites (N-methyl/N-ethyl adjacent to an activating group) is 1. The Balaban J connectivity index is 2.07. The minimum absolute atomic E-state index is 0.0544. The van der Waals surface area contributed by atoms with Crippen LogP contribution in [0.3, 0.4) is 0 Å². The lowest BCUT2D eigenvalue weighted by molar-refractivity contribution is -0.124. The van der Waals surface area contributed by atoms with E-state index < -0.39 is 0 Å². The Hall–Kier alpha value is -1.93. The molecule has 0 saturated carbocycles. The first-order chi connectivity index (χ1) is 13.5. The van der Waals surface area contributed by atoms with E-state index in [4.69, 9.17) is 4.74 Å². The van der Waals surface area contributed by atoms with Gasteiger partial charge < -0.3 is 15.4 Å². The number of hydrogen-bond donors (Lipinski definition) is 2. The van der Waals surface area contributed by atoms with E-state index in [1.165, 1.54) is 11.3 Å². The molecule has 0 unspecified atom stereocenters. The molecule has 162 valence electrons. The summed E-state index contributed by atoms with van der Waals surface area (Å²) >= 11 is 1.47. The number of ether oxygens (including phenoxy) is 1. The van der Waals surface area contributed by atoms with E-state index in [2.05, 4.69) is 17.6 Å². The highest BCUT2D eigenvalue weighted by Crippen LogP contribution is 2.40. The normalized spacial score (nSPS) is 16.3. The van der Waals surface area contributed by atoms with E-state index in [1.54, 1.807) is 18.9 Å². The molecule has 8 heteroatoms. The van der Waals surface area contributed by atoms with Crippen LogP contribution in [-0.2, 0) is 27.2 Å². The van der Waals surface area contributed by atoms with Gasteiger partial charge in [-0.2, -0.15) is 0 Å². The summed E-state index contributed by atoms with van der Waals surface area (Å²) in [7, 11) is 1.72. The number of amides is 2. The summed E-state index contributed by atoms with van der Waals surface area (Å²) in [6.45, 7) is 10.2. The predicted octanol–water partition coefficient (Wildman–Crippen LogP) is 2.83. The number of nitrogens with one attached hydrogen (secondary N) is 2. The molecule has 29 heavy (non-hydrogen) atoms. The average molecular weight is 424 g/mol. The monoisotopic (exact) mass is 423 g/mol. The number of thiophene rings is 1. The van der Waals surface area contributed by atoms with Gasteiger partial charge in [0.2, 0.25) is 11.8 Å². The van der Waals surface area contributed by atoms with E-state index in [0.29, 0.717) is 23.1 Å². The smallest absolute Gasteiger partial charge is 0.341 e. The van der Waals surface area contributed by atoms with Crippen LogP contribution in [0.25, 0.3) is 0 Å². The maximum atomic E-state index is 12.6. The summed E-state index contributed by atoms with van der Waals surface area (Å²) in [5, 5.41) is 6.31. The van der Waals surface area contributed by atoms with Crippen molar-refractivity contribution in [2.45, 2.75) is 59.4 Å². The van der Waals surface area contributed by atoms with Crippen LogP contribution >= 0.6 is 11.3 Å². The number of carbonyl (C=O) groups is 3. The molecular formula is C21H33N3O4S. The van der Waals surface area contributed by atoms with Gasteiger partial charge in [-0.15, -0.1) is 11.3 Å². The van der Waals surface area contributed by atoms with Crippen molar-refractivity contribution in [2.75, 3.05) is 32.1 Å². The number of anilines is 1. The second-order valence-corrected chi connectivity index (χ2v) is 9.90. The van der Waals surface area contributed by atoms with Crippen molar-refractivity contribution in [3.05, 3.63) is 16.0 Å². The Morgan fingerprint density at radius 2 is 1.86 bits per heavy atom. The Morgan fingerprint density at radius 3 is 2.48 bits per heavy atom. The summed E-state index contributed by atoms with van der Waals surface area (Å²) < 4.78 is 5.23. The SMILES string of the molecule is CCOC(=O)c1c(NC(=O)CN(C)CC(=O)NC(C)(C)C)sc2c1CC[C@@H](C)C2. The van der Waals surface area contributed by atoms with Crippen molar-refractivity contribution in [3.63, 3.8) is 0 Å². The van der Waals surface area contributed by atoms with E-state index in [0.717, 1.165) is 29.7 Å². The lowest BCUT2D eigenvalue weighted by Gasteiger charge is -2.23. The minimum atomic E-state index is -0.382. The van der Waals surface area contributed by atoms with Gasteiger partial charge in [0.25, 0.3) is 0 Å². The molecule has 1 heterocycles. The molecular weight excluding hydrogens is 390 g/mol. The molecule has 2 N–H and O–H groups in total. The van der Waals surface area contributed by atoms with Crippen molar-refractivity contribution in [1.29, 1.82) is 0 Å². The maximum absolute atomic E-state index is 12.6. The number of nitrogens with zero attached hydrogens (tertiary/aromatic N) is 1. The van der Waals surface area contributed by atoms with Gasteiger partial charge in [0.1, 0.15) is 5.00 Å². The Kier molecular flexibility index (Phi) is 7.82. The summed E-state index contributed by atoms with van der Waals surface area (Å²) in [6.07, 6.45) is 2.76. The number of carbonyl (C=O) groups excluding carboxylic acids is 3. The van der Waals surface area contributed by atoms with Gasteiger partial charge in [-0.05, 0) is 65.5 Å². The quantitative estimate of drug-likeness (QED) is 0.659. The second-order valence-electron chi connectivity index (χ2n) is 8.79. The molecule has 0 fully saturated rings. The van der Waals surface area contributed by atoms with Gasteiger partial charge in [0.05, 0.1) is 25.3 Å². The fourth-order valence-electron chi connectivity index (χ4n) is 3.43. The third-order valence-corrected chi connectivity index (χ3v) is 5.76. The van der Waals surface area contributed by atoms with Gasteiger partial charge in [-0.25, -0.2) is 4.79 Å². The van der Waals surface area contributed by atoms with E-state index in [9.17, 15) is 14.4 Å². The number of esters is 1. The Labute approximate surface area is 177 Å². The van der Waals surface area contributed by atoms with Gasteiger partial charge in [0.15, 0.2) is 0 Å². The largest absolute Gasteiger partial charge is 0.462 e. The highest BCUT2D eigenvalue weighted by molar-refractivity contribution is 7.17. The Morgan fingerprint density at radius 1 is 1.21 bits per heavy atom. The molecule has 2 rings (SSSR count). The summed E-state index contributed by atoms with van der Waals surface area (Å²) in [6, 6.07) is 0. The zero-order valence-corrected chi connectivity index (χ0v) is 19.1. The molecule has 2 amide bonds. The average Bonchev–Trinajstić information content (AvgIpc) is 2.89. The molecule has 1 atom stereocenters. The lowest BCUT2D eigenvalue weighted by atomic mass is 9.88. The molecule has 0 radical (unpaired) electrons. The van der Waals surface area contributed by atoms with E-state index in [1.807, 2.05) is 20.8 Å². The summed E-state index contributed by atoms with van der Waals surface area (Å²) in [5.74, 6) is -0.214. The van der Waals surface area contributed by atoms with Gasteiger partial charge in [-0.3, -0.25) is 14.5 Å². The van der Waals surface area contributed by atoms with Crippen LogP contribution in [0.15, 0.2) is 0 Å². The zero-order chi connectivity index (χ0) is 21.8. The molecule has 0 aromatic carbocycles. The highest BCUT2D eigenvalue weighted by Gasteiger charge is 2.29. The molecule has 0 bridgehead atoms. The molecule has 1 aliphatic rings. The lowest BCUT2D eigenvalue weighted by Crippen LogP contribution is -2.46. The fraction of sp³-hybridized carbons (Fsp3) is 0.667. The molecule has 1 aromatic heterocycles. The van der Waals surface area contributed by atoms with Gasteiger partial charge in [0, 0.05) is 10.4 Å². The van der Waals surface area contributed by atoms with E-state index >= 15 is 0 Å². The highest BCUT2D eigenvalue weighted by atomic mass is 32.1. The fourth-order valence-corrected chi connectivity index (χ4v) is 4.84. The molecule has 7 nitrogen and oxygen atoms in total. The molecule has 1 aromatic rings. The first-order valence-corrected chi connectivity index (χ1v) is 10.9. The zero-order valence-electron chi connectivity index (χ0n) is 18.3. The third-order valence-electron chi connectivity index (χ3n) is 4.59. The summed E-state index contributed by atoms with van der Waals surface area (Å²) in [4.78, 5) is 39.9. The molecule has 0 saturated heterocycles. The standard InChI is InChI=1S/C21H33N3O4S/c1-7-28-20(27)18-14-9-8-13(2)10-15(14)29-19(18)22-16(25)11-24(6)12-17(26)23-21(3,4)5/h13H,7-12H2,1-6H3,(H,22,25)(H,23,26)/t13-/m1/s1. The van der Waals surface area contributed by atoms with Crippen LogP contribution in [0.2, 0.25) is 0 Å². The van der Waals surface area contributed by atoms with Gasteiger partial charge in [-0.1, -0.05) is 6.92 Å². The van der Waals surface area contributed by atoms with Crippen LogP contribution in [0.5, 0.6) is 0 Å². The predicted molar refractivity (Wildman–Crippen MR) is 115 cm³/mol. The first-order valence-electron chi connectivity index (χ1n) is 10.1. The molecule has 0 aliphatic heterocycles. The van der Waals surface area contributed by atoms with Crippen LogP contribution in [-0.4, -0.2) is 55.0 Å². The van der Waals surface area contributed by atoms with Crippen LogP contribution in [0.4, 0.5) is 5.00 Å². The van der Waals surface area contributed by atoms with Crippen molar-refractivity contribution < 1.29 is 19.1 Å². The maximum Gasteiger partial charge on any atom is 0.341 e. The van der Waals surface area contributed by atoms with Crippen LogP contribution in [0.1, 0.15) is 61.8 Å². The summed E-state index contributed by atoms with van der Waals surface area (Å²) in [5.41, 5.74) is 1.20. The van der Waals surface area contributed by atoms with Crippen molar-refractivity contribution in [3.8, 4) is 0 Å². The van der Waals surface area contributed by atoms with Crippen LogP contribution < -0.4 is 10.6 Å². The minimum Gasteiger partial charge on any atom is -0.462 e.